The van der Waals surface area contributed by atoms with Crippen LogP contribution < -0.4 is 5.32 Å². The Kier molecular flexibility index (Phi) is 6.22. The molecule has 1 aliphatic carbocycles. The van der Waals surface area contributed by atoms with E-state index >= 15 is 0 Å². The molecule has 2 heterocycles. The topological polar surface area (TPSA) is 107 Å². The highest BCUT2D eigenvalue weighted by Gasteiger charge is 2.26. The van der Waals surface area contributed by atoms with Gasteiger partial charge in [-0.25, -0.2) is 14.6 Å². The molecule has 1 amide bonds. The molecule has 8 nitrogen and oxygen atoms in total. The van der Waals surface area contributed by atoms with Gasteiger partial charge in [0.1, 0.15) is 5.00 Å². The fourth-order valence-electron chi connectivity index (χ4n) is 3.57. The van der Waals surface area contributed by atoms with Crippen LogP contribution in [0.1, 0.15) is 50.5 Å². The molecule has 0 saturated heterocycles. The van der Waals surface area contributed by atoms with Gasteiger partial charge in [-0.1, -0.05) is 18.6 Å². The SMILES string of the molecule is COC(=O)c1c(NC(=O)COC(=O)c2cnc3ccccc3n2)sc2c1CCCCC2. The van der Waals surface area contributed by atoms with Crippen molar-refractivity contribution < 1.29 is 23.9 Å². The monoisotopic (exact) mass is 439 g/mol. The molecule has 0 fully saturated rings. The van der Waals surface area contributed by atoms with E-state index in [1.165, 1.54) is 24.6 Å². The molecule has 3 aromatic rings. The number of nitrogens with zero attached hydrogens (tertiary/aromatic N) is 2. The average Bonchev–Trinajstić information content (AvgIpc) is 2.96. The number of para-hydroxylation sites is 2. The van der Waals surface area contributed by atoms with Crippen LogP contribution in [0.25, 0.3) is 11.0 Å². The quantitative estimate of drug-likeness (QED) is 0.478. The molecular weight excluding hydrogens is 418 g/mol. The Morgan fingerprint density at radius 3 is 2.65 bits per heavy atom. The average molecular weight is 439 g/mol. The van der Waals surface area contributed by atoms with E-state index in [0.717, 1.165) is 42.5 Å². The lowest BCUT2D eigenvalue weighted by Crippen LogP contribution is -2.22. The highest BCUT2D eigenvalue weighted by molar-refractivity contribution is 7.17. The second-order valence-corrected chi connectivity index (χ2v) is 8.23. The number of anilines is 1. The number of methoxy groups -OCH3 is 1. The third-order valence-electron chi connectivity index (χ3n) is 5.06. The number of amides is 1. The van der Waals surface area contributed by atoms with Crippen LogP contribution in [0.2, 0.25) is 0 Å². The molecule has 1 aromatic carbocycles. The predicted molar refractivity (Wildman–Crippen MR) is 115 cm³/mol. The van der Waals surface area contributed by atoms with Gasteiger partial charge in [0.25, 0.3) is 5.91 Å². The van der Waals surface area contributed by atoms with E-state index in [-0.39, 0.29) is 5.69 Å². The van der Waals surface area contributed by atoms with E-state index in [4.69, 9.17) is 9.47 Å². The Balaban J connectivity index is 1.44. The molecule has 0 radical (unpaired) electrons. The first-order valence-corrected chi connectivity index (χ1v) is 10.8. The Labute approximate surface area is 182 Å². The normalized spacial score (nSPS) is 13.2. The zero-order chi connectivity index (χ0) is 21.8. The summed E-state index contributed by atoms with van der Waals surface area (Å²) < 4.78 is 10.0. The number of aromatic nitrogens is 2. The second kappa shape index (κ2) is 9.22. The van der Waals surface area contributed by atoms with Gasteiger partial charge in [0.15, 0.2) is 12.3 Å². The van der Waals surface area contributed by atoms with Gasteiger partial charge in [-0.3, -0.25) is 9.78 Å². The minimum absolute atomic E-state index is 0.0181. The summed E-state index contributed by atoms with van der Waals surface area (Å²) in [7, 11) is 1.32. The molecule has 1 N–H and O–H groups in total. The van der Waals surface area contributed by atoms with Gasteiger partial charge < -0.3 is 14.8 Å². The molecular formula is C22H21N3O5S. The summed E-state index contributed by atoms with van der Waals surface area (Å²) >= 11 is 1.38. The predicted octanol–water partition coefficient (Wildman–Crippen LogP) is 3.54. The van der Waals surface area contributed by atoms with Crippen LogP contribution in [0.15, 0.2) is 30.5 Å². The van der Waals surface area contributed by atoms with Gasteiger partial charge in [-0.15, -0.1) is 11.3 Å². The number of nitrogens with one attached hydrogen (secondary N) is 1. The lowest BCUT2D eigenvalue weighted by Gasteiger charge is -2.08. The van der Waals surface area contributed by atoms with E-state index in [0.29, 0.717) is 21.6 Å². The number of thiophene rings is 1. The van der Waals surface area contributed by atoms with Crippen molar-refractivity contribution in [3.8, 4) is 0 Å². The highest BCUT2D eigenvalue weighted by atomic mass is 32.1. The first kappa shape index (κ1) is 20.9. The molecule has 0 spiro atoms. The van der Waals surface area contributed by atoms with E-state index in [1.807, 2.05) is 6.07 Å². The third kappa shape index (κ3) is 4.56. The van der Waals surface area contributed by atoms with Gasteiger partial charge in [0.05, 0.1) is 29.9 Å². The van der Waals surface area contributed by atoms with E-state index in [1.54, 1.807) is 18.2 Å². The maximum atomic E-state index is 12.4. The van der Waals surface area contributed by atoms with Crippen molar-refractivity contribution in [3.05, 3.63) is 52.2 Å². The van der Waals surface area contributed by atoms with Gasteiger partial charge in [-0.2, -0.15) is 0 Å². The maximum absolute atomic E-state index is 12.4. The highest BCUT2D eigenvalue weighted by Crippen LogP contribution is 2.37. The first-order valence-electron chi connectivity index (χ1n) is 9.98. The van der Waals surface area contributed by atoms with Crippen molar-refractivity contribution in [2.24, 2.45) is 0 Å². The van der Waals surface area contributed by atoms with Crippen LogP contribution >= 0.6 is 11.3 Å². The number of carbonyl (C=O) groups is 3. The standard InChI is InChI=1S/C22H21N3O5S/c1-29-22(28)19-13-7-3-2-4-10-17(13)31-20(19)25-18(26)12-30-21(27)16-11-23-14-8-5-6-9-15(14)24-16/h5-6,8-9,11H,2-4,7,10,12H2,1H3,(H,25,26). The van der Waals surface area contributed by atoms with Crippen LogP contribution in [0.4, 0.5) is 5.00 Å². The minimum Gasteiger partial charge on any atom is -0.465 e. The molecule has 2 aromatic heterocycles. The Morgan fingerprint density at radius 2 is 1.84 bits per heavy atom. The fourth-order valence-corrected chi connectivity index (χ4v) is 4.87. The molecule has 0 bridgehead atoms. The number of ether oxygens (including phenoxy) is 2. The summed E-state index contributed by atoms with van der Waals surface area (Å²) in [5.41, 5.74) is 2.59. The number of hydrogen-bond donors (Lipinski definition) is 1. The number of hydrogen-bond acceptors (Lipinski definition) is 8. The van der Waals surface area contributed by atoms with Crippen molar-refractivity contribution >= 4 is 45.2 Å². The van der Waals surface area contributed by atoms with Crippen LogP contribution in [-0.4, -0.2) is 41.5 Å². The van der Waals surface area contributed by atoms with Crippen LogP contribution in [-0.2, 0) is 27.1 Å². The lowest BCUT2D eigenvalue weighted by atomic mass is 10.1. The van der Waals surface area contributed by atoms with Crippen molar-refractivity contribution in [2.75, 3.05) is 19.0 Å². The number of benzene rings is 1. The third-order valence-corrected chi connectivity index (χ3v) is 6.26. The zero-order valence-corrected chi connectivity index (χ0v) is 17.8. The molecule has 1 aliphatic rings. The summed E-state index contributed by atoms with van der Waals surface area (Å²) in [5.74, 6) is -1.76. The summed E-state index contributed by atoms with van der Waals surface area (Å²) in [6, 6.07) is 7.14. The number of carbonyl (C=O) groups excluding carboxylic acids is 3. The van der Waals surface area contributed by atoms with Gasteiger partial charge in [0.2, 0.25) is 0 Å². The molecule has 0 atom stereocenters. The lowest BCUT2D eigenvalue weighted by molar-refractivity contribution is -0.119. The number of rotatable bonds is 5. The number of esters is 2. The molecule has 0 unspecified atom stereocenters. The number of aryl methyl sites for hydroxylation is 1. The Morgan fingerprint density at radius 1 is 1.06 bits per heavy atom. The summed E-state index contributed by atoms with van der Waals surface area (Å²) in [5, 5.41) is 3.14. The van der Waals surface area contributed by atoms with Crippen molar-refractivity contribution in [1.29, 1.82) is 0 Å². The van der Waals surface area contributed by atoms with Gasteiger partial charge >= 0.3 is 11.9 Å². The van der Waals surface area contributed by atoms with Gasteiger partial charge in [-0.05, 0) is 43.4 Å². The Hall–Kier alpha value is -3.33. The van der Waals surface area contributed by atoms with Crippen LogP contribution in [0, 0.1) is 0 Å². The summed E-state index contributed by atoms with van der Waals surface area (Å²) in [6.45, 7) is -0.503. The molecule has 9 heteroatoms. The van der Waals surface area contributed by atoms with E-state index in [2.05, 4.69) is 15.3 Å². The maximum Gasteiger partial charge on any atom is 0.359 e. The summed E-state index contributed by atoms with van der Waals surface area (Å²) in [6.07, 6.45) is 6.11. The van der Waals surface area contributed by atoms with Crippen molar-refractivity contribution in [3.63, 3.8) is 0 Å². The molecule has 4 rings (SSSR count). The molecule has 0 saturated carbocycles. The van der Waals surface area contributed by atoms with Crippen molar-refractivity contribution in [1.82, 2.24) is 9.97 Å². The minimum atomic E-state index is -0.747. The van der Waals surface area contributed by atoms with E-state index < -0.39 is 24.5 Å². The van der Waals surface area contributed by atoms with Crippen LogP contribution in [0.5, 0.6) is 0 Å². The first-order chi connectivity index (χ1) is 15.1. The largest absolute Gasteiger partial charge is 0.465 e. The number of fused-ring (bicyclic) bond motifs is 2. The molecule has 0 aliphatic heterocycles. The Bertz CT molecular complexity index is 1160. The van der Waals surface area contributed by atoms with Crippen molar-refractivity contribution in [2.45, 2.75) is 32.1 Å². The second-order valence-electron chi connectivity index (χ2n) is 7.13. The molecule has 160 valence electrons. The van der Waals surface area contributed by atoms with Gasteiger partial charge in [0, 0.05) is 4.88 Å². The smallest absolute Gasteiger partial charge is 0.359 e. The van der Waals surface area contributed by atoms with E-state index in [9.17, 15) is 14.4 Å². The zero-order valence-electron chi connectivity index (χ0n) is 17.0. The summed E-state index contributed by atoms with van der Waals surface area (Å²) in [4.78, 5) is 46.5. The van der Waals surface area contributed by atoms with Crippen LogP contribution in [0.3, 0.4) is 0 Å². The fraction of sp³-hybridized carbons (Fsp3) is 0.318. The molecule has 31 heavy (non-hydrogen) atoms.